The van der Waals surface area contributed by atoms with Crippen molar-refractivity contribution in [2.45, 2.75) is 25.0 Å². The maximum atomic E-state index is 12.9. The second kappa shape index (κ2) is 5.65. The summed E-state index contributed by atoms with van der Waals surface area (Å²) in [5.74, 6) is -0.557. The molecule has 1 saturated heterocycles. The van der Waals surface area contributed by atoms with E-state index in [0.717, 1.165) is 5.56 Å². The number of rotatable bonds is 3. The zero-order chi connectivity index (χ0) is 13.1. The molecule has 1 fully saturated rings. The van der Waals surface area contributed by atoms with E-state index < -0.39 is 5.82 Å². The third kappa shape index (κ3) is 3.19. The normalized spacial score (nSPS) is 23.1. The Labute approximate surface area is 110 Å². The summed E-state index contributed by atoms with van der Waals surface area (Å²) in [5.41, 5.74) is 6.47. The van der Waals surface area contributed by atoms with Crippen molar-refractivity contribution >= 4 is 17.5 Å². The van der Waals surface area contributed by atoms with E-state index in [1.807, 2.05) is 0 Å². The second-order valence-corrected chi connectivity index (χ2v) is 4.83. The van der Waals surface area contributed by atoms with Gasteiger partial charge in [0.25, 0.3) is 0 Å². The topological polar surface area (TPSA) is 67.1 Å². The van der Waals surface area contributed by atoms with Gasteiger partial charge >= 0.3 is 0 Å². The average Bonchev–Trinajstić information content (AvgIpc) is 2.77. The predicted octanol–water partition coefficient (Wildman–Crippen LogP) is 0.785. The van der Waals surface area contributed by atoms with Crippen LogP contribution in [0, 0.1) is 5.82 Å². The lowest BCUT2D eigenvalue weighted by atomic mass is 10.1. The van der Waals surface area contributed by atoms with Gasteiger partial charge in [-0.2, -0.15) is 0 Å². The van der Waals surface area contributed by atoms with Gasteiger partial charge in [0, 0.05) is 19.1 Å². The van der Waals surface area contributed by atoms with Crippen molar-refractivity contribution in [3.8, 4) is 0 Å². The molecule has 2 unspecified atom stereocenters. The van der Waals surface area contributed by atoms with Crippen LogP contribution in [0.2, 0.25) is 5.02 Å². The van der Waals surface area contributed by atoms with Gasteiger partial charge in [0.05, 0.1) is 11.1 Å². The van der Waals surface area contributed by atoms with Crippen molar-refractivity contribution in [3.63, 3.8) is 0 Å². The molecule has 1 aliphatic heterocycles. The number of hydrogen-bond donors (Lipinski definition) is 3. The van der Waals surface area contributed by atoms with Crippen molar-refractivity contribution in [2.75, 3.05) is 6.54 Å². The van der Waals surface area contributed by atoms with E-state index in [9.17, 15) is 9.18 Å². The lowest BCUT2D eigenvalue weighted by Crippen LogP contribution is -2.40. The molecule has 1 aromatic carbocycles. The highest BCUT2D eigenvalue weighted by Crippen LogP contribution is 2.16. The predicted molar refractivity (Wildman–Crippen MR) is 67.6 cm³/mol. The number of nitrogens with two attached hydrogens (primary N) is 1. The molecule has 0 saturated carbocycles. The van der Waals surface area contributed by atoms with Crippen LogP contribution in [0.1, 0.15) is 12.0 Å². The lowest BCUT2D eigenvalue weighted by molar-refractivity contribution is -0.122. The Hall–Kier alpha value is -1.17. The van der Waals surface area contributed by atoms with E-state index in [1.54, 1.807) is 6.07 Å². The molecule has 4 N–H and O–H groups in total. The van der Waals surface area contributed by atoms with Gasteiger partial charge in [0.2, 0.25) is 5.91 Å². The molecule has 4 nitrogen and oxygen atoms in total. The van der Waals surface area contributed by atoms with Crippen molar-refractivity contribution in [2.24, 2.45) is 5.73 Å². The number of carbonyl (C=O) groups is 1. The van der Waals surface area contributed by atoms with Crippen LogP contribution in [-0.4, -0.2) is 24.5 Å². The number of carbonyl (C=O) groups excluding carboxylic acids is 1. The van der Waals surface area contributed by atoms with Gasteiger partial charge in [-0.3, -0.25) is 4.79 Å². The quantitative estimate of drug-likeness (QED) is 0.761. The summed E-state index contributed by atoms with van der Waals surface area (Å²) >= 11 is 5.66. The van der Waals surface area contributed by atoms with Gasteiger partial charge in [-0.05, 0) is 24.1 Å². The Balaban J connectivity index is 1.87. The summed E-state index contributed by atoms with van der Waals surface area (Å²) in [6.07, 6.45) is 0.635. The molecule has 18 heavy (non-hydrogen) atoms. The van der Waals surface area contributed by atoms with Crippen LogP contribution < -0.4 is 16.4 Å². The molecule has 1 aromatic rings. The van der Waals surface area contributed by atoms with Crippen LogP contribution in [-0.2, 0) is 11.3 Å². The molecule has 0 radical (unpaired) electrons. The maximum Gasteiger partial charge on any atom is 0.237 e. The first-order valence-corrected chi connectivity index (χ1v) is 6.14. The van der Waals surface area contributed by atoms with Gasteiger partial charge < -0.3 is 16.4 Å². The highest BCUT2D eigenvalue weighted by Gasteiger charge is 2.26. The first-order chi connectivity index (χ1) is 8.56. The van der Waals surface area contributed by atoms with Crippen LogP contribution in [0.15, 0.2) is 18.2 Å². The third-order valence-corrected chi connectivity index (χ3v) is 3.22. The number of benzene rings is 1. The highest BCUT2D eigenvalue weighted by atomic mass is 35.5. The summed E-state index contributed by atoms with van der Waals surface area (Å²) in [4.78, 5) is 11.8. The summed E-state index contributed by atoms with van der Waals surface area (Å²) in [6, 6.07) is 4.17. The molecule has 2 rings (SSSR count). The van der Waals surface area contributed by atoms with E-state index in [1.165, 1.54) is 12.1 Å². The summed E-state index contributed by atoms with van der Waals surface area (Å²) in [5, 5.41) is 5.87. The van der Waals surface area contributed by atoms with Crippen LogP contribution in [0.25, 0.3) is 0 Å². The van der Waals surface area contributed by atoms with Gasteiger partial charge in [-0.1, -0.05) is 17.7 Å². The lowest BCUT2D eigenvalue weighted by Gasteiger charge is -2.11. The number of hydrogen-bond acceptors (Lipinski definition) is 3. The SMILES string of the molecule is NC1CNC(C(=O)NCc2ccc(F)c(Cl)c2)C1. The minimum atomic E-state index is -0.463. The molecule has 1 heterocycles. The molecule has 0 spiro atoms. The summed E-state index contributed by atoms with van der Waals surface area (Å²) < 4.78 is 12.9. The molecule has 0 aliphatic carbocycles. The van der Waals surface area contributed by atoms with Crippen molar-refractivity contribution in [3.05, 3.63) is 34.6 Å². The molecule has 2 atom stereocenters. The second-order valence-electron chi connectivity index (χ2n) is 4.42. The molecule has 1 aliphatic rings. The fraction of sp³-hybridized carbons (Fsp3) is 0.417. The highest BCUT2D eigenvalue weighted by molar-refractivity contribution is 6.30. The Kier molecular flexibility index (Phi) is 4.16. The van der Waals surface area contributed by atoms with Crippen LogP contribution >= 0.6 is 11.6 Å². The third-order valence-electron chi connectivity index (χ3n) is 2.93. The zero-order valence-electron chi connectivity index (χ0n) is 9.75. The number of amides is 1. The van der Waals surface area contributed by atoms with Crippen molar-refractivity contribution < 1.29 is 9.18 Å². The first kappa shape index (κ1) is 13.3. The standard InChI is InChI=1S/C12H15ClFN3O/c13-9-3-7(1-2-10(9)14)5-17-12(18)11-4-8(15)6-16-11/h1-3,8,11,16H,4-6,15H2,(H,17,18). The Morgan fingerprint density at radius 1 is 1.61 bits per heavy atom. The minimum absolute atomic E-state index is 0.0287. The van der Waals surface area contributed by atoms with E-state index in [4.69, 9.17) is 17.3 Å². The maximum absolute atomic E-state index is 12.9. The minimum Gasteiger partial charge on any atom is -0.351 e. The van der Waals surface area contributed by atoms with Crippen molar-refractivity contribution in [1.82, 2.24) is 10.6 Å². The molecule has 0 aromatic heterocycles. The average molecular weight is 272 g/mol. The van der Waals surface area contributed by atoms with Crippen LogP contribution in [0.4, 0.5) is 4.39 Å². The molecule has 0 bridgehead atoms. The largest absolute Gasteiger partial charge is 0.351 e. The molecule has 98 valence electrons. The Bertz CT molecular complexity index is 455. The summed E-state index contributed by atoms with van der Waals surface area (Å²) in [7, 11) is 0. The van der Waals surface area contributed by atoms with Gasteiger partial charge in [-0.25, -0.2) is 4.39 Å². The van der Waals surface area contributed by atoms with Gasteiger partial charge in [-0.15, -0.1) is 0 Å². The zero-order valence-corrected chi connectivity index (χ0v) is 10.5. The van der Waals surface area contributed by atoms with E-state index in [0.29, 0.717) is 19.5 Å². The molecular weight excluding hydrogens is 257 g/mol. The molecule has 1 amide bonds. The van der Waals surface area contributed by atoms with Crippen LogP contribution in [0.3, 0.4) is 0 Å². The van der Waals surface area contributed by atoms with Crippen molar-refractivity contribution in [1.29, 1.82) is 0 Å². The number of nitrogens with one attached hydrogen (secondary N) is 2. The fourth-order valence-electron chi connectivity index (χ4n) is 1.92. The van der Waals surface area contributed by atoms with E-state index in [-0.39, 0.29) is 23.0 Å². The number of halogens is 2. The molecule has 6 heteroatoms. The summed E-state index contributed by atoms with van der Waals surface area (Å²) in [6.45, 7) is 0.979. The first-order valence-electron chi connectivity index (χ1n) is 5.77. The van der Waals surface area contributed by atoms with E-state index >= 15 is 0 Å². The van der Waals surface area contributed by atoms with Gasteiger partial charge in [0.15, 0.2) is 0 Å². The Morgan fingerprint density at radius 2 is 2.39 bits per heavy atom. The van der Waals surface area contributed by atoms with Gasteiger partial charge in [0.1, 0.15) is 5.82 Å². The molecular formula is C12H15ClFN3O. The fourth-order valence-corrected chi connectivity index (χ4v) is 2.13. The Morgan fingerprint density at radius 3 is 3.00 bits per heavy atom. The van der Waals surface area contributed by atoms with Crippen LogP contribution in [0.5, 0.6) is 0 Å². The van der Waals surface area contributed by atoms with E-state index in [2.05, 4.69) is 10.6 Å². The monoisotopic (exact) mass is 271 g/mol. The smallest absolute Gasteiger partial charge is 0.237 e.